The first-order valence-corrected chi connectivity index (χ1v) is 5.76. The van der Waals surface area contributed by atoms with Gasteiger partial charge in [-0.25, -0.2) is 0 Å². The van der Waals surface area contributed by atoms with Crippen LogP contribution in [0.5, 0.6) is 0 Å². The molecule has 0 bridgehead atoms. The van der Waals surface area contributed by atoms with Crippen LogP contribution in [0.15, 0.2) is 0 Å². The SMILES string of the molecule is OCC1(CCN2CCOCC2)CCC1. The summed E-state index contributed by atoms with van der Waals surface area (Å²) in [5.74, 6) is 0. The highest BCUT2D eigenvalue weighted by Gasteiger charge is 2.36. The molecule has 0 aromatic heterocycles. The predicted molar refractivity (Wildman–Crippen MR) is 55.2 cm³/mol. The van der Waals surface area contributed by atoms with Crippen molar-refractivity contribution in [1.82, 2.24) is 4.90 Å². The van der Waals surface area contributed by atoms with Crippen LogP contribution in [0, 0.1) is 5.41 Å². The third kappa shape index (κ3) is 2.27. The molecular weight excluding hydrogens is 178 g/mol. The molecule has 2 aliphatic rings. The molecule has 1 aliphatic carbocycles. The Morgan fingerprint density at radius 1 is 1.21 bits per heavy atom. The van der Waals surface area contributed by atoms with Crippen LogP contribution in [0.1, 0.15) is 25.7 Å². The maximum absolute atomic E-state index is 9.32. The van der Waals surface area contributed by atoms with Gasteiger partial charge in [-0.3, -0.25) is 4.90 Å². The number of hydrogen-bond donors (Lipinski definition) is 1. The fraction of sp³-hybridized carbons (Fsp3) is 1.00. The van der Waals surface area contributed by atoms with Crippen molar-refractivity contribution in [3.8, 4) is 0 Å². The molecule has 1 saturated carbocycles. The maximum Gasteiger partial charge on any atom is 0.0594 e. The fourth-order valence-electron chi connectivity index (χ4n) is 2.38. The molecule has 0 atom stereocenters. The van der Waals surface area contributed by atoms with E-state index in [0.29, 0.717) is 6.61 Å². The lowest BCUT2D eigenvalue weighted by molar-refractivity contribution is 0.00135. The van der Waals surface area contributed by atoms with Gasteiger partial charge in [0.25, 0.3) is 0 Å². The Kier molecular flexibility index (Phi) is 3.42. The van der Waals surface area contributed by atoms with Crippen LogP contribution in [0.4, 0.5) is 0 Å². The van der Waals surface area contributed by atoms with E-state index in [2.05, 4.69) is 4.90 Å². The van der Waals surface area contributed by atoms with Crippen molar-refractivity contribution in [2.75, 3.05) is 39.5 Å². The summed E-state index contributed by atoms with van der Waals surface area (Å²) < 4.78 is 5.31. The average molecular weight is 199 g/mol. The van der Waals surface area contributed by atoms with Crippen LogP contribution in [0.3, 0.4) is 0 Å². The third-order valence-electron chi connectivity index (χ3n) is 3.81. The van der Waals surface area contributed by atoms with Gasteiger partial charge in [0.2, 0.25) is 0 Å². The molecule has 0 amide bonds. The Morgan fingerprint density at radius 2 is 1.93 bits per heavy atom. The molecule has 3 heteroatoms. The molecule has 0 radical (unpaired) electrons. The molecule has 1 heterocycles. The zero-order chi connectivity index (χ0) is 9.86. The summed E-state index contributed by atoms with van der Waals surface area (Å²) in [7, 11) is 0. The van der Waals surface area contributed by atoms with Crippen molar-refractivity contribution in [3.63, 3.8) is 0 Å². The van der Waals surface area contributed by atoms with Crippen LogP contribution >= 0.6 is 0 Å². The number of rotatable bonds is 4. The lowest BCUT2D eigenvalue weighted by Crippen LogP contribution is -2.41. The summed E-state index contributed by atoms with van der Waals surface area (Å²) in [5, 5.41) is 9.32. The van der Waals surface area contributed by atoms with Crippen LogP contribution < -0.4 is 0 Å². The number of aliphatic hydroxyl groups is 1. The average Bonchev–Trinajstić information content (AvgIpc) is 2.19. The topological polar surface area (TPSA) is 32.7 Å². The molecule has 0 unspecified atom stereocenters. The van der Waals surface area contributed by atoms with Crippen molar-refractivity contribution >= 4 is 0 Å². The first-order chi connectivity index (χ1) is 6.85. The Labute approximate surface area is 86.0 Å². The van der Waals surface area contributed by atoms with Gasteiger partial charge in [0.15, 0.2) is 0 Å². The number of ether oxygens (including phenoxy) is 1. The quantitative estimate of drug-likeness (QED) is 0.729. The highest BCUT2D eigenvalue weighted by molar-refractivity contribution is 4.87. The second-order valence-corrected chi connectivity index (χ2v) is 4.72. The van der Waals surface area contributed by atoms with Crippen molar-refractivity contribution in [3.05, 3.63) is 0 Å². The molecule has 1 N–H and O–H groups in total. The minimum Gasteiger partial charge on any atom is -0.396 e. The maximum atomic E-state index is 9.32. The van der Waals surface area contributed by atoms with E-state index in [0.717, 1.165) is 32.8 Å². The monoisotopic (exact) mass is 199 g/mol. The zero-order valence-corrected chi connectivity index (χ0v) is 8.87. The molecule has 3 nitrogen and oxygen atoms in total. The summed E-state index contributed by atoms with van der Waals surface area (Å²) in [4.78, 5) is 2.46. The van der Waals surface area contributed by atoms with Crippen molar-refractivity contribution in [2.45, 2.75) is 25.7 Å². The first kappa shape index (κ1) is 10.4. The zero-order valence-electron chi connectivity index (χ0n) is 8.87. The molecular formula is C11H21NO2. The van der Waals surface area contributed by atoms with Gasteiger partial charge in [-0.2, -0.15) is 0 Å². The second-order valence-electron chi connectivity index (χ2n) is 4.72. The number of hydrogen-bond acceptors (Lipinski definition) is 3. The summed E-state index contributed by atoms with van der Waals surface area (Å²) in [6.07, 6.45) is 4.94. The Balaban J connectivity index is 1.69. The van der Waals surface area contributed by atoms with Crippen LogP contribution in [-0.4, -0.2) is 49.5 Å². The number of aliphatic hydroxyl groups excluding tert-OH is 1. The van der Waals surface area contributed by atoms with Gasteiger partial charge in [-0.05, 0) is 31.2 Å². The number of morpholine rings is 1. The normalized spacial score (nSPS) is 27.2. The molecule has 0 spiro atoms. The van der Waals surface area contributed by atoms with Crippen molar-refractivity contribution in [1.29, 1.82) is 0 Å². The fourth-order valence-corrected chi connectivity index (χ4v) is 2.38. The first-order valence-electron chi connectivity index (χ1n) is 5.76. The lowest BCUT2D eigenvalue weighted by atomic mass is 9.67. The Bertz CT molecular complexity index is 169. The van der Waals surface area contributed by atoms with Crippen molar-refractivity contribution < 1.29 is 9.84 Å². The lowest BCUT2D eigenvalue weighted by Gasteiger charge is -2.42. The van der Waals surface area contributed by atoms with Gasteiger partial charge in [0, 0.05) is 19.7 Å². The highest BCUT2D eigenvalue weighted by Crippen LogP contribution is 2.43. The molecule has 2 fully saturated rings. The van der Waals surface area contributed by atoms with E-state index in [1.54, 1.807) is 0 Å². The molecule has 1 aliphatic heterocycles. The summed E-state index contributed by atoms with van der Waals surface area (Å²) in [5.41, 5.74) is 0.290. The van der Waals surface area contributed by atoms with E-state index < -0.39 is 0 Å². The van der Waals surface area contributed by atoms with Gasteiger partial charge < -0.3 is 9.84 Å². The molecule has 1 saturated heterocycles. The van der Waals surface area contributed by atoms with Gasteiger partial charge >= 0.3 is 0 Å². The van der Waals surface area contributed by atoms with E-state index in [1.165, 1.54) is 25.7 Å². The smallest absolute Gasteiger partial charge is 0.0594 e. The summed E-state index contributed by atoms with van der Waals surface area (Å²) >= 11 is 0. The van der Waals surface area contributed by atoms with Gasteiger partial charge in [0.05, 0.1) is 13.2 Å². The van der Waals surface area contributed by atoms with Crippen LogP contribution in [0.2, 0.25) is 0 Å². The van der Waals surface area contributed by atoms with E-state index in [9.17, 15) is 5.11 Å². The van der Waals surface area contributed by atoms with E-state index in [1.807, 2.05) is 0 Å². The Morgan fingerprint density at radius 3 is 2.43 bits per heavy atom. The van der Waals surface area contributed by atoms with Crippen LogP contribution in [-0.2, 0) is 4.74 Å². The minimum atomic E-state index is 0.290. The van der Waals surface area contributed by atoms with E-state index in [-0.39, 0.29) is 5.41 Å². The Hall–Kier alpha value is -0.120. The molecule has 82 valence electrons. The van der Waals surface area contributed by atoms with Gasteiger partial charge in [-0.15, -0.1) is 0 Å². The molecule has 2 rings (SSSR count). The van der Waals surface area contributed by atoms with Gasteiger partial charge in [-0.1, -0.05) is 6.42 Å². The third-order valence-corrected chi connectivity index (χ3v) is 3.81. The second kappa shape index (κ2) is 4.60. The molecule has 0 aromatic carbocycles. The standard InChI is InChI=1S/C11H21NO2/c13-10-11(2-1-3-11)4-5-12-6-8-14-9-7-12/h13H,1-10H2. The molecule has 0 aromatic rings. The van der Waals surface area contributed by atoms with Gasteiger partial charge in [0.1, 0.15) is 0 Å². The number of nitrogens with zero attached hydrogens (tertiary/aromatic N) is 1. The van der Waals surface area contributed by atoms with Crippen molar-refractivity contribution in [2.24, 2.45) is 5.41 Å². The van der Waals surface area contributed by atoms with Crippen LogP contribution in [0.25, 0.3) is 0 Å². The van der Waals surface area contributed by atoms with E-state index >= 15 is 0 Å². The highest BCUT2D eigenvalue weighted by atomic mass is 16.5. The summed E-state index contributed by atoms with van der Waals surface area (Å²) in [6, 6.07) is 0. The molecule has 14 heavy (non-hydrogen) atoms. The largest absolute Gasteiger partial charge is 0.396 e. The van der Waals surface area contributed by atoms with E-state index in [4.69, 9.17) is 4.74 Å². The summed E-state index contributed by atoms with van der Waals surface area (Å²) in [6.45, 7) is 5.43. The minimum absolute atomic E-state index is 0.290. The predicted octanol–water partition coefficient (Wildman–Crippen LogP) is 0.871.